The molecule has 0 aliphatic carbocycles. The average molecular weight is 368 g/mol. The van der Waals surface area contributed by atoms with Gasteiger partial charge in [-0.15, -0.1) is 0 Å². The number of hydrogen-bond acceptors (Lipinski definition) is 3. The second-order valence-corrected chi connectivity index (χ2v) is 6.51. The van der Waals surface area contributed by atoms with E-state index in [2.05, 4.69) is 28.5 Å². The highest BCUT2D eigenvalue weighted by molar-refractivity contribution is 5.90. The predicted molar refractivity (Wildman–Crippen MR) is 110 cm³/mol. The summed E-state index contributed by atoms with van der Waals surface area (Å²) in [6, 6.07) is 27.3. The van der Waals surface area contributed by atoms with Crippen molar-refractivity contribution in [2.45, 2.75) is 13.0 Å². The van der Waals surface area contributed by atoms with Crippen LogP contribution in [0.5, 0.6) is 11.6 Å². The Morgan fingerprint density at radius 1 is 0.893 bits per heavy atom. The number of fused-ring (bicyclic) bond motifs is 1. The van der Waals surface area contributed by atoms with Crippen LogP contribution in [0.4, 0.5) is 0 Å². The van der Waals surface area contributed by atoms with E-state index in [1.54, 1.807) is 12.3 Å². The summed E-state index contributed by atoms with van der Waals surface area (Å²) >= 11 is 0. The number of carbonyl (C=O) groups is 1. The highest BCUT2D eigenvalue weighted by Crippen LogP contribution is 2.21. The van der Waals surface area contributed by atoms with E-state index in [1.165, 1.54) is 0 Å². The van der Waals surface area contributed by atoms with Gasteiger partial charge in [-0.3, -0.25) is 4.79 Å². The SMILES string of the molecule is O=C(Cc1cccc2ccccc12)NCc1cccc(Oc2ccccn2)c1. The number of ether oxygens (including phenoxy) is 1. The molecule has 0 fully saturated rings. The molecule has 0 atom stereocenters. The van der Waals surface area contributed by atoms with Crippen molar-refractivity contribution in [1.29, 1.82) is 0 Å². The van der Waals surface area contributed by atoms with Crippen molar-refractivity contribution < 1.29 is 9.53 Å². The first kappa shape index (κ1) is 17.7. The molecule has 138 valence electrons. The highest BCUT2D eigenvalue weighted by atomic mass is 16.5. The fraction of sp³-hybridized carbons (Fsp3) is 0.0833. The Morgan fingerprint density at radius 2 is 1.71 bits per heavy atom. The Labute approximate surface area is 163 Å². The first-order valence-electron chi connectivity index (χ1n) is 9.19. The zero-order valence-electron chi connectivity index (χ0n) is 15.3. The molecular formula is C24H20N2O2. The minimum Gasteiger partial charge on any atom is -0.439 e. The van der Waals surface area contributed by atoms with Crippen molar-refractivity contribution >= 4 is 16.7 Å². The van der Waals surface area contributed by atoms with Crippen LogP contribution in [-0.4, -0.2) is 10.9 Å². The second kappa shape index (κ2) is 8.35. The molecule has 0 aliphatic heterocycles. The molecule has 0 aliphatic rings. The van der Waals surface area contributed by atoms with Gasteiger partial charge < -0.3 is 10.1 Å². The van der Waals surface area contributed by atoms with E-state index in [4.69, 9.17) is 4.74 Å². The van der Waals surface area contributed by atoms with Gasteiger partial charge in [0.1, 0.15) is 5.75 Å². The van der Waals surface area contributed by atoms with Gasteiger partial charge in [-0.1, -0.05) is 60.7 Å². The number of rotatable bonds is 6. The number of benzene rings is 3. The fourth-order valence-electron chi connectivity index (χ4n) is 3.13. The van der Waals surface area contributed by atoms with E-state index < -0.39 is 0 Å². The van der Waals surface area contributed by atoms with Crippen LogP contribution >= 0.6 is 0 Å². The molecular weight excluding hydrogens is 348 g/mol. The van der Waals surface area contributed by atoms with Crippen LogP contribution < -0.4 is 10.1 Å². The minimum absolute atomic E-state index is 0.00704. The van der Waals surface area contributed by atoms with Crippen LogP contribution in [0, 0.1) is 0 Å². The third-order valence-corrected chi connectivity index (χ3v) is 4.48. The summed E-state index contributed by atoms with van der Waals surface area (Å²) in [7, 11) is 0. The lowest BCUT2D eigenvalue weighted by Crippen LogP contribution is -2.24. The Kier molecular flexibility index (Phi) is 5.29. The fourth-order valence-corrected chi connectivity index (χ4v) is 3.13. The Balaban J connectivity index is 1.39. The molecule has 0 bridgehead atoms. The smallest absolute Gasteiger partial charge is 0.224 e. The maximum absolute atomic E-state index is 12.5. The third-order valence-electron chi connectivity index (χ3n) is 4.48. The highest BCUT2D eigenvalue weighted by Gasteiger charge is 2.07. The van der Waals surface area contributed by atoms with Gasteiger partial charge in [0.2, 0.25) is 11.8 Å². The quantitative estimate of drug-likeness (QED) is 0.527. The summed E-state index contributed by atoms with van der Waals surface area (Å²) in [5.41, 5.74) is 2.00. The van der Waals surface area contributed by atoms with Crippen molar-refractivity contribution in [3.05, 3.63) is 102 Å². The summed E-state index contributed by atoms with van der Waals surface area (Å²) in [6.45, 7) is 0.447. The number of hydrogen-bond donors (Lipinski definition) is 1. The largest absolute Gasteiger partial charge is 0.439 e. The summed E-state index contributed by atoms with van der Waals surface area (Å²) in [5.74, 6) is 1.23. The topological polar surface area (TPSA) is 51.2 Å². The van der Waals surface area contributed by atoms with E-state index in [1.807, 2.05) is 60.7 Å². The molecule has 0 spiro atoms. The van der Waals surface area contributed by atoms with Gasteiger partial charge in [-0.2, -0.15) is 0 Å². The Bertz CT molecular complexity index is 1090. The number of amides is 1. The maximum Gasteiger partial charge on any atom is 0.224 e. The molecule has 0 saturated carbocycles. The molecule has 0 radical (unpaired) electrons. The van der Waals surface area contributed by atoms with Crippen LogP contribution in [0.15, 0.2) is 91.1 Å². The van der Waals surface area contributed by atoms with E-state index >= 15 is 0 Å². The summed E-state index contributed by atoms with van der Waals surface area (Å²) < 4.78 is 5.75. The summed E-state index contributed by atoms with van der Waals surface area (Å²) in [4.78, 5) is 16.6. The molecule has 1 heterocycles. The van der Waals surface area contributed by atoms with Gasteiger partial charge in [0.15, 0.2) is 0 Å². The molecule has 3 aromatic carbocycles. The van der Waals surface area contributed by atoms with Gasteiger partial charge in [-0.05, 0) is 40.1 Å². The molecule has 28 heavy (non-hydrogen) atoms. The van der Waals surface area contributed by atoms with Crippen LogP contribution in [0.25, 0.3) is 10.8 Å². The van der Waals surface area contributed by atoms with Gasteiger partial charge in [0.25, 0.3) is 0 Å². The predicted octanol–water partition coefficient (Wildman–Crippen LogP) is 4.89. The van der Waals surface area contributed by atoms with Gasteiger partial charge >= 0.3 is 0 Å². The third kappa shape index (κ3) is 4.35. The van der Waals surface area contributed by atoms with E-state index in [0.717, 1.165) is 21.9 Å². The second-order valence-electron chi connectivity index (χ2n) is 6.51. The van der Waals surface area contributed by atoms with Crippen LogP contribution in [-0.2, 0) is 17.8 Å². The zero-order chi connectivity index (χ0) is 19.2. The number of carbonyl (C=O) groups excluding carboxylic acids is 1. The van der Waals surface area contributed by atoms with Gasteiger partial charge in [-0.25, -0.2) is 4.98 Å². The molecule has 4 nitrogen and oxygen atoms in total. The Morgan fingerprint density at radius 3 is 2.61 bits per heavy atom. The number of aromatic nitrogens is 1. The molecule has 1 N–H and O–H groups in total. The maximum atomic E-state index is 12.5. The van der Waals surface area contributed by atoms with E-state index in [9.17, 15) is 4.79 Å². The van der Waals surface area contributed by atoms with Crippen molar-refractivity contribution in [3.63, 3.8) is 0 Å². The lowest BCUT2D eigenvalue weighted by molar-refractivity contribution is -0.120. The van der Waals surface area contributed by atoms with Crippen molar-refractivity contribution in [3.8, 4) is 11.6 Å². The average Bonchev–Trinajstić information content (AvgIpc) is 2.74. The van der Waals surface area contributed by atoms with Crippen LogP contribution in [0.3, 0.4) is 0 Å². The van der Waals surface area contributed by atoms with Crippen molar-refractivity contribution in [2.75, 3.05) is 0 Å². The summed E-state index contributed by atoms with van der Waals surface area (Å²) in [5, 5.41) is 5.26. The first-order valence-corrected chi connectivity index (χ1v) is 9.19. The molecule has 0 unspecified atom stereocenters. The monoisotopic (exact) mass is 368 g/mol. The molecule has 1 aromatic heterocycles. The van der Waals surface area contributed by atoms with Crippen molar-refractivity contribution in [1.82, 2.24) is 10.3 Å². The van der Waals surface area contributed by atoms with Crippen molar-refractivity contribution in [2.24, 2.45) is 0 Å². The van der Waals surface area contributed by atoms with Gasteiger partial charge in [0.05, 0.1) is 6.42 Å². The summed E-state index contributed by atoms with van der Waals surface area (Å²) in [6.07, 6.45) is 2.04. The lowest BCUT2D eigenvalue weighted by Gasteiger charge is -2.09. The standard InChI is InChI=1S/C24H20N2O2/c27-23(16-20-10-6-9-19-8-1-2-12-22(19)20)26-17-18-7-5-11-21(15-18)28-24-13-3-4-14-25-24/h1-15H,16-17H2,(H,26,27). The number of nitrogens with zero attached hydrogens (tertiary/aromatic N) is 1. The molecule has 4 heteroatoms. The molecule has 0 saturated heterocycles. The van der Waals surface area contributed by atoms with Crippen LogP contribution in [0.2, 0.25) is 0 Å². The van der Waals surface area contributed by atoms with Gasteiger partial charge in [0, 0.05) is 18.8 Å². The first-order chi connectivity index (χ1) is 13.8. The van der Waals surface area contributed by atoms with E-state index in [-0.39, 0.29) is 5.91 Å². The van der Waals surface area contributed by atoms with Crippen LogP contribution in [0.1, 0.15) is 11.1 Å². The minimum atomic E-state index is -0.00704. The lowest BCUT2D eigenvalue weighted by atomic mass is 10.0. The normalized spacial score (nSPS) is 10.6. The number of nitrogens with one attached hydrogen (secondary N) is 1. The van der Waals surface area contributed by atoms with E-state index in [0.29, 0.717) is 24.6 Å². The molecule has 1 amide bonds. The molecule has 4 aromatic rings. The zero-order valence-corrected chi connectivity index (χ0v) is 15.3. The Hall–Kier alpha value is -3.66. The molecule has 4 rings (SSSR count). The number of pyridine rings is 1.